The van der Waals surface area contributed by atoms with Gasteiger partial charge in [0.25, 0.3) is 10.0 Å². The van der Waals surface area contributed by atoms with Crippen molar-refractivity contribution in [3.63, 3.8) is 0 Å². The second kappa shape index (κ2) is 7.74. The summed E-state index contributed by atoms with van der Waals surface area (Å²) >= 11 is 4.50. The molecule has 0 spiro atoms. The molecule has 28 heavy (non-hydrogen) atoms. The number of nitrogens with zero attached hydrogens (tertiary/aromatic N) is 3. The Bertz CT molecular complexity index is 1100. The fraction of sp³-hybridized carbons (Fsp3) is 0.235. The summed E-state index contributed by atoms with van der Waals surface area (Å²) in [6.45, 7) is 0.297. The third-order valence-corrected chi connectivity index (χ3v) is 8.07. The van der Waals surface area contributed by atoms with Crippen molar-refractivity contribution >= 4 is 49.2 Å². The molecule has 0 radical (unpaired) electrons. The fourth-order valence-electron chi connectivity index (χ4n) is 3.02. The molecule has 1 N–H and O–H groups in total. The van der Waals surface area contributed by atoms with E-state index >= 15 is 0 Å². The van der Waals surface area contributed by atoms with Crippen molar-refractivity contribution in [3.05, 3.63) is 46.3 Å². The summed E-state index contributed by atoms with van der Waals surface area (Å²) in [6.07, 6.45) is 1.04. The summed E-state index contributed by atoms with van der Waals surface area (Å²) in [5, 5.41) is 12.0. The van der Waals surface area contributed by atoms with Gasteiger partial charge in [-0.05, 0) is 42.5 Å². The zero-order valence-corrected chi connectivity index (χ0v) is 17.6. The van der Waals surface area contributed by atoms with Crippen LogP contribution in [0.1, 0.15) is 12.8 Å². The standard InChI is InChI=1S/C17H15BrN4O4S2/c18-12-5-1-4-11(10-12)16-20-21-17(26-16)19-15(23)13-6-2-8-22(13)28(24,25)14-7-3-9-27-14/h1,3-5,7,9-10,13H,2,6,8H2,(H,19,21,23). The molecule has 0 bridgehead atoms. The van der Waals surface area contributed by atoms with Gasteiger partial charge in [-0.15, -0.1) is 16.4 Å². The van der Waals surface area contributed by atoms with Gasteiger partial charge in [-0.3, -0.25) is 10.1 Å². The maximum atomic E-state index is 12.8. The van der Waals surface area contributed by atoms with Crippen LogP contribution in [-0.2, 0) is 14.8 Å². The number of thiophene rings is 1. The summed E-state index contributed by atoms with van der Waals surface area (Å²) in [7, 11) is -3.71. The Morgan fingerprint density at radius 3 is 2.89 bits per heavy atom. The van der Waals surface area contributed by atoms with E-state index in [1.165, 1.54) is 10.4 Å². The number of halogens is 1. The van der Waals surface area contributed by atoms with Gasteiger partial charge in [0.2, 0.25) is 11.8 Å². The van der Waals surface area contributed by atoms with Gasteiger partial charge in [-0.25, -0.2) is 8.42 Å². The van der Waals surface area contributed by atoms with Crippen LogP contribution in [0, 0.1) is 0 Å². The number of aromatic nitrogens is 2. The van der Waals surface area contributed by atoms with Gasteiger partial charge < -0.3 is 4.42 Å². The number of carbonyl (C=O) groups excluding carboxylic acids is 1. The first-order valence-electron chi connectivity index (χ1n) is 8.41. The van der Waals surface area contributed by atoms with Gasteiger partial charge in [-0.2, -0.15) is 4.31 Å². The minimum Gasteiger partial charge on any atom is -0.403 e. The average Bonchev–Trinajstić information content (AvgIpc) is 3.42. The molecule has 1 saturated heterocycles. The summed E-state index contributed by atoms with van der Waals surface area (Å²) < 4.78 is 33.4. The van der Waals surface area contributed by atoms with E-state index in [1.807, 2.05) is 18.2 Å². The second-order valence-electron chi connectivity index (χ2n) is 6.12. The minimum absolute atomic E-state index is 0.0691. The van der Waals surface area contributed by atoms with Crippen molar-refractivity contribution in [2.45, 2.75) is 23.1 Å². The topological polar surface area (TPSA) is 105 Å². The number of anilines is 1. The number of rotatable bonds is 5. The molecule has 3 aromatic rings. The van der Waals surface area contributed by atoms with Crippen LogP contribution in [0.4, 0.5) is 6.01 Å². The maximum Gasteiger partial charge on any atom is 0.322 e. The van der Waals surface area contributed by atoms with Crippen molar-refractivity contribution < 1.29 is 17.6 Å². The number of sulfonamides is 1. The van der Waals surface area contributed by atoms with E-state index in [9.17, 15) is 13.2 Å². The third kappa shape index (κ3) is 3.75. The van der Waals surface area contributed by atoms with Gasteiger partial charge in [0.1, 0.15) is 10.3 Å². The summed E-state index contributed by atoms with van der Waals surface area (Å²) in [4.78, 5) is 12.7. The van der Waals surface area contributed by atoms with Gasteiger partial charge in [-0.1, -0.05) is 33.2 Å². The Labute approximate surface area is 173 Å². The second-order valence-corrected chi connectivity index (χ2v) is 10.1. The molecule has 1 unspecified atom stereocenters. The lowest BCUT2D eigenvalue weighted by molar-refractivity contribution is -0.119. The van der Waals surface area contributed by atoms with Crippen molar-refractivity contribution in [1.82, 2.24) is 14.5 Å². The van der Waals surface area contributed by atoms with E-state index < -0.39 is 22.0 Å². The Balaban J connectivity index is 1.51. The van der Waals surface area contributed by atoms with E-state index in [-0.39, 0.29) is 16.1 Å². The highest BCUT2D eigenvalue weighted by Gasteiger charge is 2.40. The molecular weight excluding hydrogens is 468 g/mol. The van der Waals surface area contributed by atoms with E-state index in [4.69, 9.17) is 4.42 Å². The largest absolute Gasteiger partial charge is 0.403 e. The molecule has 1 aliphatic rings. The molecule has 2 aromatic heterocycles. The van der Waals surface area contributed by atoms with Crippen molar-refractivity contribution in [2.75, 3.05) is 11.9 Å². The molecule has 1 atom stereocenters. The highest BCUT2D eigenvalue weighted by atomic mass is 79.9. The third-order valence-electron chi connectivity index (χ3n) is 4.29. The number of hydrogen-bond donors (Lipinski definition) is 1. The molecule has 1 amide bonds. The molecule has 8 nitrogen and oxygen atoms in total. The van der Waals surface area contributed by atoms with Crippen LogP contribution in [0.3, 0.4) is 0 Å². The van der Waals surface area contributed by atoms with Crippen LogP contribution in [0.5, 0.6) is 0 Å². The van der Waals surface area contributed by atoms with Crippen LogP contribution in [-0.4, -0.2) is 41.4 Å². The lowest BCUT2D eigenvalue weighted by Gasteiger charge is -2.21. The van der Waals surface area contributed by atoms with Gasteiger partial charge >= 0.3 is 6.01 Å². The quantitative estimate of drug-likeness (QED) is 0.597. The van der Waals surface area contributed by atoms with Crippen molar-refractivity contribution in [3.8, 4) is 11.5 Å². The Kier molecular flexibility index (Phi) is 5.32. The molecular formula is C17H15BrN4O4S2. The molecule has 1 fully saturated rings. The Hall–Kier alpha value is -2.08. The first-order valence-corrected chi connectivity index (χ1v) is 11.5. The van der Waals surface area contributed by atoms with Crippen molar-refractivity contribution in [2.24, 2.45) is 0 Å². The van der Waals surface area contributed by atoms with E-state index in [0.717, 1.165) is 15.8 Å². The number of carbonyl (C=O) groups is 1. The molecule has 1 aromatic carbocycles. The van der Waals surface area contributed by atoms with E-state index in [0.29, 0.717) is 24.9 Å². The molecule has 1 aliphatic heterocycles. The summed E-state index contributed by atoms with van der Waals surface area (Å²) in [5.74, 6) is -0.229. The van der Waals surface area contributed by atoms with Gasteiger partial charge in [0, 0.05) is 16.6 Å². The normalized spacial score (nSPS) is 17.7. The van der Waals surface area contributed by atoms with Crippen LogP contribution in [0.2, 0.25) is 0 Å². The molecule has 146 valence electrons. The minimum atomic E-state index is -3.71. The smallest absolute Gasteiger partial charge is 0.322 e. The van der Waals surface area contributed by atoms with Crippen LogP contribution in [0.15, 0.2) is 54.9 Å². The number of amides is 1. The maximum absolute atomic E-state index is 12.8. The molecule has 11 heteroatoms. The molecule has 0 saturated carbocycles. The Morgan fingerprint density at radius 1 is 1.29 bits per heavy atom. The zero-order chi connectivity index (χ0) is 19.7. The summed E-state index contributed by atoms with van der Waals surface area (Å²) in [6, 6.07) is 9.63. The molecule has 0 aliphatic carbocycles. The predicted octanol–water partition coefficient (Wildman–Crippen LogP) is 3.35. The highest BCUT2D eigenvalue weighted by molar-refractivity contribution is 9.10. The lowest BCUT2D eigenvalue weighted by Crippen LogP contribution is -2.42. The number of nitrogens with one attached hydrogen (secondary N) is 1. The van der Waals surface area contributed by atoms with Crippen molar-refractivity contribution in [1.29, 1.82) is 0 Å². The van der Waals surface area contributed by atoms with Crippen LogP contribution in [0.25, 0.3) is 11.5 Å². The first-order chi connectivity index (χ1) is 13.4. The number of benzene rings is 1. The monoisotopic (exact) mass is 482 g/mol. The molecule has 3 heterocycles. The van der Waals surface area contributed by atoms with E-state index in [2.05, 4.69) is 31.4 Å². The lowest BCUT2D eigenvalue weighted by atomic mass is 10.2. The number of hydrogen-bond acceptors (Lipinski definition) is 7. The first kappa shape index (κ1) is 19.2. The molecule has 4 rings (SSSR count). The van der Waals surface area contributed by atoms with Crippen LogP contribution >= 0.6 is 27.3 Å². The zero-order valence-electron chi connectivity index (χ0n) is 14.4. The summed E-state index contributed by atoms with van der Waals surface area (Å²) in [5.41, 5.74) is 0.699. The predicted molar refractivity (Wildman–Crippen MR) is 107 cm³/mol. The fourth-order valence-corrected chi connectivity index (χ4v) is 6.19. The SMILES string of the molecule is O=C(Nc1nnc(-c2cccc(Br)c2)o1)C1CCCN1S(=O)(=O)c1cccs1. The van der Waals surface area contributed by atoms with Gasteiger partial charge in [0.05, 0.1) is 0 Å². The van der Waals surface area contributed by atoms with E-state index in [1.54, 1.807) is 17.5 Å². The van der Waals surface area contributed by atoms with Gasteiger partial charge in [0.15, 0.2) is 0 Å². The average molecular weight is 483 g/mol. The highest BCUT2D eigenvalue weighted by Crippen LogP contribution is 2.29. The van der Waals surface area contributed by atoms with Crippen LogP contribution < -0.4 is 5.32 Å². The Morgan fingerprint density at radius 2 is 2.14 bits per heavy atom.